The summed E-state index contributed by atoms with van der Waals surface area (Å²) in [6.07, 6.45) is 0.745. The Morgan fingerprint density at radius 2 is 1.41 bits per heavy atom. The van der Waals surface area contributed by atoms with Crippen LogP contribution in [0, 0.1) is 0 Å². The van der Waals surface area contributed by atoms with Gasteiger partial charge in [-0.2, -0.15) is 0 Å². The van der Waals surface area contributed by atoms with Crippen LogP contribution in [0.25, 0.3) is 0 Å². The number of carbonyl (C=O) groups is 1. The molecule has 4 heteroatoms. The van der Waals surface area contributed by atoms with Crippen LogP contribution in [-0.2, 0) is 4.79 Å². The molecule has 0 spiro atoms. The van der Waals surface area contributed by atoms with Gasteiger partial charge in [-0.25, -0.2) is 0 Å². The van der Waals surface area contributed by atoms with Crippen molar-refractivity contribution >= 4 is 29.3 Å². The fourth-order valence-corrected chi connectivity index (χ4v) is 3.97. The van der Waals surface area contributed by atoms with E-state index in [0.29, 0.717) is 5.02 Å². The maximum atomic E-state index is 13.0. The van der Waals surface area contributed by atoms with Crippen molar-refractivity contribution in [3.8, 4) is 0 Å². The highest BCUT2D eigenvalue weighted by atomic mass is 35.5. The predicted octanol–water partition coefficient (Wildman–Crippen LogP) is 6.12. The Morgan fingerprint density at radius 3 is 1.89 bits per heavy atom. The molecular weight excluding hydrogens is 374 g/mol. The number of carbonyl (C=O) groups excluding carboxylic acids is 1. The molecule has 1 amide bonds. The molecule has 3 rings (SSSR count). The monoisotopic (exact) mass is 395 g/mol. The zero-order valence-electron chi connectivity index (χ0n) is 15.1. The number of halogens is 1. The summed E-state index contributed by atoms with van der Waals surface area (Å²) >= 11 is 7.53. The summed E-state index contributed by atoms with van der Waals surface area (Å²) in [5.74, 6) is 0.0372. The van der Waals surface area contributed by atoms with E-state index in [9.17, 15) is 4.79 Å². The molecule has 2 nitrogen and oxygen atoms in total. The van der Waals surface area contributed by atoms with E-state index >= 15 is 0 Å². The minimum atomic E-state index is -0.167. The molecule has 138 valence electrons. The molecule has 0 fully saturated rings. The SMILES string of the molecule is CC[C@@H](Sc1ccc(Cl)cc1)C(=O)NC(c1ccccc1)c1ccccc1. The summed E-state index contributed by atoms with van der Waals surface area (Å²) < 4.78 is 0. The Kier molecular flexibility index (Phi) is 6.97. The van der Waals surface area contributed by atoms with Gasteiger partial charge in [-0.3, -0.25) is 4.79 Å². The second kappa shape index (κ2) is 9.63. The van der Waals surface area contributed by atoms with Gasteiger partial charge >= 0.3 is 0 Å². The van der Waals surface area contributed by atoms with Gasteiger partial charge < -0.3 is 5.32 Å². The second-order valence-electron chi connectivity index (χ2n) is 6.23. The molecule has 1 atom stereocenters. The molecular formula is C23H22ClNOS. The summed E-state index contributed by atoms with van der Waals surface area (Å²) in [6, 6.07) is 27.6. The van der Waals surface area contributed by atoms with Gasteiger partial charge in [0, 0.05) is 9.92 Å². The van der Waals surface area contributed by atoms with Gasteiger partial charge in [-0.1, -0.05) is 79.2 Å². The molecule has 0 aliphatic carbocycles. The fourth-order valence-electron chi connectivity index (χ4n) is 2.88. The Labute approximate surface area is 170 Å². The smallest absolute Gasteiger partial charge is 0.234 e. The van der Waals surface area contributed by atoms with Crippen molar-refractivity contribution in [1.82, 2.24) is 5.32 Å². The van der Waals surface area contributed by atoms with Crippen LogP contribution >= 0.6 is 23.4 Å². The number of hydrogen-bond donors (Lipinski definition) is 1. The lowest BCUT2D eigenvalue weighted by molar-refractivity contribution is -0.121. The standard InChI is InChI=1S/C23H22ClNOS/c1-2-21(27-20-15-13-19(24)14-16-20)23(26)25-22(17-9-5-3-6-10-17)18-11-7-4-8-12-18/h3-16,21-22H,2H2,1H3,(H,25,26)/t21-/m1/s1. The maximum Gasteiger partial charge on any atom is 0.234 e. The van der Waals surface area contributed by atoms with Crippen LogP contribution in [-0.4, -0.2) is 11.2 Å². The molecule has 0 unspecified atom stereocenters. The molecule has 0 heterocycles. The molecule has 0 bridgehead atoms. The van der Waals surface area contributed by atoms with Crippen molar-refractivity contribution < 1.29 is 4.79 Å². The molecule has 0 radical (unpaired) electrons. The lowest BCUT2D eigenvalue weighted by Gasteiger charge is -2.23. The molecule has 0 aliphatic heterocycles. The topological polar surface area (TPSA) is 29.1 Å². The van der Waals surface area contributed by atoms with E-state index in [2.05, 4.69) is 5.32 Å². The molecule has 0 saturated heterocycles. The van der Waals surface area contributed by atoms with Crippen molar-refractivity contribution in [3.63, 3.8) is 0 Å². The minimum absolute atomic E-state index is 0.0372. The quantitative estimate of drug-likeness (QED) is 0.488. The number of thioether (sulfide) groups is 1. The molecule has 3 aromatic rings. The van der Waals surface area contributed by atoms with Crippen molar-refractivity contribution in [3.05, 3.63) is 101 Å². The average molecular weight is 396 g/mol. The molecule has 0 aromatic heterocycles. The lowest BCUT2D eigenvalue weighted by atomic mass is 9.98. The molecule has 0 aliphatic rings. The number of rotatable bonds is 7. The lowest BCUT2D eigenvalue weighted by Crippen LogP contribution is -2.36. The van der Waals surface area contributed by atoms with Crippen molar-refractivity contribution in [1.29, 1.82) is 0 Å². The second-order valence-corrected chi connectivity index (χ2v) is 7.94. The summed E-state index contributed by atoms with van der Waals surface area (Å²) in [6.45, 7) is 2.03. The number of amides is 1. The van der Waals surface area contributed by atoms with E-state index in [-0.39, 0.29) is 17.2 Å². The Morgan fingerprint density at radius 1 is 0.889 bits per heavy atom. The first-order valence-corrected chi connectivity index (χ1v) is 10.3. The number of benzene rings is 3. The Bertz CT molecular complexity index is 813. The van der Waals surface area contributed by atoms with Gasteiger partial charge in [0.25, 0.3) is 0 Å². The van der Waals surface area contributed by atoms with E-state index in [1.54, 1.807) is 11.8 Å². The van der Waals surface area contributed by atoms with E-state index < -0.39 is 0 Å². The van der Waals surface area contributed by atoms with Gasteiger partial charge in [0.05, 0.1) is 11.3 Å². The summed E-state index contributed by atoms with van der Waals surface area (Å²) in [5, 5.41) is 3.78. The van der Waals surface area contributed by atoms with Crippen molar-refractivity contribution in [2.45, 2.75) is 29.5 Å². The first-order valence-electron chi connectivity index (χ1n) is 9.00. The van der Waals surface area contributed by atoms with Gasteiger partial charge in [-0.15, -0.1) is 11.8 Å². The summed E-state index contributed by atoms with van der Waals surface area (Å²) in [4.78, 5) is 14.1. The number of nitrogens with one attached hydrogen (secondary N) is 1. The maximum absolute atomic E-state index is 13.0. The highest BCUT2D eigenvalue weighted by Crippen LogP contribution is 2.28. The molecule has 1 N–H and O–H groups in total. The van der Waals surface area contributed by atoms with Crippen LogP contribution in [0.3, 0.4) is 0 Å². The predicted molar refractivity (Wildman–Crippen MR) is 114 cm³/mol. The fraction of sp³-hybridized carbons (Fsp3) is 0.174. The van der Waals surface area contributed by atoms with E-state index in [4.69, 9.17) is 11.6 Å². The van der Waals surface area contributed by atoms with Crippen molar-refractivity contribution in [2.75, 3.05) is 0 Å². The van der Waals surface area contributed by atoms with E-state index in [1.807, 2.05) is 91.9 Å². The normalized spacial score (nSPS) is 12.0. The van der Waals surface area contributed by atoms with Crippen LogP contribution in [0.2, 0.25) is 5.02 Å². The van der Waals surface area contributed by atoms with Crippen LogP contribution in [0.15, 0.2) is 89.8 Å². The number of hydrogen-bond acceptors (Lipinski definition) is 2. The third kappa shape index (κ3) is 5.38. The van der Waals surface area contributed by atoms with Gasteiger partial charge in [-0.05, 0) is 41.8 Å². The summed E-state index contributed by atoms with van der Waals surface area (Å²) in [5.41, 5.74) is 2.15. The van der Waals surface area contributed by atoms with Gasteiger partial charge in [0.1, 0.15) is 0 Å². The van der Waals surface area contributed by atoms with Crippen LogP contribution < -0.4 is 5.32 Å². The van der Waals surface area contributed by atoms with Gasteiger partial charge in [0.15, 0.2) is 0 Å². The molecule has 27 heavy (non-hydrogen) atoms. The zero-order valence-corrected chi connectivity index (χ0v) is 16.7. The van der Waals surface area contributed by atoms with Crippen LogP contribution in [0.1, 0.15) is 30.5 Å². The highest BCUT2D eigenvalue weighted by Gasteiger charge is 2.23. The Balaban J connectivity index is 1.79. The first-order chi connectivity index (χ1) is 13.2. The molecule has 3 aromatic carbocycles. The van der Waals surface area contributed by atoms with Crippen LogP contribution in [0.5, 0.6) is 0 Å². The third-order valence-corrected chi connectivity index (χ3v) is 5.94. The average Bonchev–Trinajstić information content (AvgIpc) is 2.72. The van der Waals surface area contributed by atoms with Crippen molar-refractivity contribution in [2.24, 2.45) is 0 Å². The highest BCUT2D eigenvalue weighted by molar-refractivity contribution is 8.00. The van der Waals surface area contributed by atoms with Crippen LogP contribution in [0.4, 0.5) is 0 Å². The zero-order chi connectivity index (χ0) is 19.1. The first kappa shape index (κ1) is 19.5. The largest absolute Gasteiger partial charge is 0.344 e. The van der Waals surface area contributed by atoms with E-state index in [1.165, 1.54) is 0 Å². The summed E-state index contributed by atoms with van der Waals surface area (Å²) in [7, 11) is 0. The molecule has 0 saturated carbocycles. The third-order valence-electron chi connectivity index (χ3n) is 4.31. The van der Waals surface area contributed by atoms with E-state index in [0.717, 1.165) is 22.4 Å². The van der Waals surface area contributed by atoms with Gasteiger partial charge in [0.2, 0.25) is 5.91 Å². The Hall–Kier alpha value is -2.23. The minimum Gasteiger partial charge on any atom is -0.344 e.